The van der Waals surface area contributed by atoms with Crippen molar-refractivity contribution >= 4 is 11.8 Å². The summed E-state index contributed by atoms with van der Waals surface area (Å²) in [4.78, 5) is 0. The van der Waals surface area contributed by atoms with Crippen molar-refractivity contribution in [3.63, 3.8) is 0 Å². The third-order valence-corrected chi connectivity index (χ3v) is 2.73. The minimum Gasteiger partial charge on any atom is -0.398 e. The van der Waals surface area contributed by atoms with E-state index >= 15 is 0 Å². The molecule has 0 amide bonds. The molecule has 0 fully saturated rings. The maximum absolute atomic E-state index is 6.03. The van der Waals surface area contributed by atoms with Gasteiger partial charge in [-0.25, -0.2) is 0 Å². The van der Waals surface area contributed by atoms with Gasteiger partial charge >= 0.3 is 0 Å². The van der Waals surface area contributed by atoms with Crippen molar-refractivity contribution in [1.29, 1.82) is 0 Å². The molecule has 0 spiro atoms. The summed E-state index contributed by atoms with van der Waals surface area (Å²) in [6.07, 6.45) is 5.39. The molecule has 0 heterocycles. The van der Waals surface area contributed by atoms with E-state index in [1.54, 1.807) is 0 Å². The highest BCUT2D eigenvalue weighted by Gasteiger charge is 2.19. The van der Waals surface area contributed by atoms with Crippen LogP contribution in [0.1, 0.15) is 37.4 Å². The minimum atomic E-state index is 0.367. The molecule has 0 bridgehead atoms. The molecule has 0 radical (unpaired) electrons. The summed E-state index contributed by atoms with van der Waals surface area (Å²) >= 11 is 0. The van der Waals surface area contributed by atoms with E-state index in [0.717, 1.165) is 12.1 Å². The van der Waals surface area contributed by atoms with Crippen LogP contribution in [0.5, 0.6) is 0 Å². The maximum Gasteiger partial charge on any atom is 0.0383 e. The van der Waals surface area contributed by atoms with Crippen molar-refractivity contribution in [1.82, 2.24) is 5.32 Å². The van der Waals surface area contributed by atoms with E-state index in [1.165, 1.54) is 11.1 Å². The molecule has 15 heavy (non-hydrogen) atoms. The first-order valence-corrected chi connectivity index (χ1v) is 5.49. The third-order valence-electron chi connectivity index (χ3n) is 2.73. The van der Waals surface area contributed by atoms with E-state index in [9.17, 15) is 0 Å². The molecule has 2 rings (SSSR count). The van der Waals surface area contributed by atoms with E-state index in [2.05, 4.69) is 37.4 Å². The molecule has 1 aromatic rings. The van der Waals surface area contributed by atoms with Crippen LogP contribution in [0.3, 0.4) is 0 Å². The number of nitrogens with one attached hydrogen (secondary N) is 1. The summed E-state index contributed by atoms with van der Waals surface area (Å²) < 4.78 is 0. The second-order valence-corrected chi connectivity index (χ2v) is 4.36. The zero-order chi connectivity index (χ0) is 10.8. The van der Waals surface area contributed by atoms with Crippen molar-refractivity contribution in [3.8, 4) is 0 Å². The highest BCUT2D eigenvalue weighted by atomic mass is 14.9. The summed E-state index contributed by atoms with van der Waals surface area (Å²) in [6.45, 7) is 4.33. The summed E-state index contributed by atoms with van der Waals surface area (Å²) in [5, 5.41) is 3.55. The van der Waals surface area contributed by atoms with Crippen LogP contribution in [-0.2, 0) is 0 Å². The van der Waals surface area contributed by atoms with Crippen LogP contribution < -0.4 is 11.1 Å². The van der Waals surface area contributed by atoms with Crippen LogP contribution in [0.15, 0.2) is 24.3 Å². The molecule has 0 saturated heterocycles. The van der Waals surface area contributed by atoms with Gasteiger partial charge in [-0.2, -0.15) is 0 Å². The van der Waals surface area contributed by atoms with Crippen molar-refractivity contribution < 1.29 is 0 Å². The Bertz CT molecular complexity index is 380. The largest absolute Gasteiger partial charge is 0.398 e. The quantitative estimate of drug-likeness (QED) is 0.724. The van der Waals surface area contributed by atoms with Gasteiger partial charge in [0, 0.05) is 17.8 Å². The lowest BCUT2D eigenvalue weighted by atomic mass is 9.91. The molecule has 1 aliphatic carbocycles. The van der Waals surface area contributed by atoms with Gasteiger partial charge in [0.25, 0.3) is 0 Å². The first-order chi connectivity index (χ1) is 7.18. The van der Waals surface area contributed by atoms with Crippen LogP contribution in [0.25, 0.3) is 6.08 Å². The summed E-state index contributed by atoms with van der Waals surface area (Å²) in [5.74, 6) is 0. The van der Waals surface area contributed by atoms with Gasteiger partial charge in [-0.15, -0.1) is 0 Å². The molecule has 80 valence electrons. The number of nitrogens with two attached hydrogens (primary N) is 1. The number of benzene rings is 1. The average Bonchev–Trinajstić information content (AvgIpc) is 2.17. The monoisotopic (exact) mass is 202 g/mol. The van der Waals surface area contributed by atoms with Crippen LogP contribution in [0, 0.1) is 0 Å². The number of hydrogen-bond acceptors (Lipinski definition) is 2. The topological polar surface area (TPSA) is 38.0 Å². The summed E-state index contributed by atoms with van der Waals surface area (Å²) in [7, 11) is 0. The van der Waals surface area contributed by atoms with Gasteiger partial charge < -0.3 is 11.1 Å². The fourth-order valence-electron chi connectivity index (χ4n) is 2.15. The Balaban J connectivity index is 2.37. The van der Waals surface area contributed by atoms with E-state index < -0.39 is 0 Å². The number of anilines is 1. The molecule has 1 unspecified atom stereocenters. The van der Waals surface area contributed by atoms with Crippen molar-refractivity contribution in [3.05, 3.63) is 35.4 Å². The van der Waals surface area contributed by atoms with Gasteiger partial charge in [0.2, 0.25) is 0 Å². The Hall–Kier alpha value is -1.28. The highest BCUT2D eigenvalue weighted by Crippen LogP contribution is 2.32. The Morgan fingerprint density at radius 2 is 2.20 bits per heavy atom. The van der Waals surface area contributed by atoms with Gasteiger partial charge in [-0.3, -0.25) is 0 Å². The lowest BCUT2D eigenvalue weighted by molar-refractivity contribution is 0.479. The minimum absolute atomic E-state index is 0.367. The van der Waals surface area contributed by atoms with Gasteiger partial charge in [-0.1, -0.05) is 38.1 Å². The van der Waals surface area contributed by atoms with Gasteiger partial charge in [0.1, 0.15) is 0 Å². The molecule has 2 heteroatoms. The van der Waals surface area contributed by atoms with Crippen LogP contribution in [-0.4, -0.2) is 6.04 Å². The predicted octanol–water partition coefficient (Wildman–Crippen LogP) is 2.72. The number of rotatable bonds is 2. The Labute approximate surface area is 91.2 Å². The Kier molecular flexibility index (Phi) is 2.78. The second-order valence-electron chi connectivity index (χ2n) is 4.36. The predicted molar refractivity (Wildman–Crippen MR) is 65.5 cm³/mol. The van der Waals surface area contributed by atoms with Crippen molar-refractivity contribution in [2.24, 2.45) is 0 Å². The van der Waals surface area contributed by atoms with E-state index in [0.29, 0.717) is 12.1 Å². The number of nitrogen functional groups attached to an aromatic ring is 1. The van der Waals surface area contributed by atoms with Gasteiger partial charge in [0.15, 0.2) is 0 Å². The fraction of sp³-hybridized carbons (Fsp3) is 0.385. The molecule has 3 N–H and O–H groups in total. The van der Waals surface area contributed by atoms with E-state index in [1.807, 2.05) is 12.1 Å². The van der Waals surface area contributed by atoms with Crippen molar-refractivity contribution in [2.75, 3.05) is 5.73 Å². The zero-order valence-corrected chi connectivity index (χ0v) is 9.33. The summed E-state index contributed by atoms with van der Waals surface area (Å²) in [5.41, 5.74) is 9.44. The van der Waals surface area contributed by atoms with Crippen molar-refractivity contribution in [2.45, 2.75) is 32.4 Å². The number of fused-ring (bicyclic) bond motifs is 1. The summed E-state index contributed by atoms with van der Waals surface area (Å²) in [6, 6.07) is 6.96. The van der Waals surface area contributed by atoms with Crippen LogP contribution >= 0.6 is 0 Å². The number of hydrogen-bond donors (Lipinski definition) is 2. The Morgan fingerprint density at radius 3 is 2.93 bits per heavy atom. The first-order valence-electron chi connectivity index (χ1n) is 5.49. The normalized spacial score (nSPS) is 19.3. The molecule has 0 aliphatic heterocycles. The zero-order valence-electron chi connectivity index (χ0n) is 9.33. The van der Waals surface area contributed by atoms with Crippen LogP contribution in [0.2, 0.25) is 0 Å². The molecule has 2 nitrogen and oxygen atoms in total. The Morgan fingerprint density at radius 1 is 1.40 bits per heavy atom. The molecule has 0 saturated carbocycles. The third kappa shape index (κ3) is 2.05. The molecular formula is C13H18N2. The van der Waals surface area contributed by atoms with Gasteiger partial charge in [0.05, 0.1) is 0 Å². The molecular weight excluding hydrogens is 184 g/mol. The average molecular weight is 202 g/mol. The molecule has 1 aliphatic rings. The standard InChI is InChI=1S/C13H18N2/c1-9(2)15-12-8-4-6-10-5-3-7-11(14)13(10)12/h3-7,9,12,15H,8,14H2,1-2H3. The molecule has 0 aromatic heterocycles. The van der Waals surface area contributed by atoms with Crippen LogP contribution in [0.4, 0.5) is 5.69 Å². The maximum atomic E-state index is 6.03. The SMILES string of the molecule is CC(C)NC1CC=Cc2cccc(N)c21. The lowest BCUT2D eigenvalue weighted by Gasteiger charge is -2.26. The smallest absolute Gasteiger partial charge is 0.0383 e. The molecule has 1 aromatic carbocycles. The first kappa shape index (κ1) is 10.2. The molecule has 1 atom stereocenters. The van der Waals surface area contributed by atoms with E-state index in [-0.39, 0.29) is 0 Å². The lowest BCUT2D eigenvalue weighted by Crippen LogP contribution is -2.29. The highest BCUT2D eigenvalue weighted by molar-refractivity contribution is 5.66. The second kappa shape index (κ2) is 4.07. The van der Waals surface area contributed by atoms with Gasteiger partial charge in [-0.05, 0) is 23.6 Å². The fourth-order valence-corrected chi connectivity index (χ4v) is 2.15. The van der Waals surface area contributed by atoms with E-state index in [4.69, 9.17) is 5.73 Å².